The molecule has 0 aliphatic carbocycles. The molecule has 0 unspecified atom stereocenters. The summed E-state index contributed by atoms with van der Waals surface area (Å²) >= 11 is 5.89. The third kappa shape index (κ3) is 5.75. The van der Waals surface area contributed by atoms with Crippen LogP contribution in [0.15, 0.2) is 77.7 Å². The van der Waals surface area contributed by atoms with Crippen molar-refractivity contribution < 1.29 is 13.2 Å². The number of hydrogen-bond acceptors (Lipinski definition) is 5. The van der Waals surface area contributed by atoms with Crippen LogP contribution in [0.1, 0.15) is 18.4 Å². The second kappa shape index (κ2) is 10.4. The summed E-state index contributed by atoms with van der Waals surface area (Å²) in [5, 5.41) is 9.24. The van der Waals surface area contributed by atoms with Crippen LogP contribution in [0, 0.1) is 11.3 Å². The van der Waals surface area contributed by atoms with Crippen molar-refractivity contribution in [2.75, 3.05) is 26.2 Å². The van der Waals surface area contributed by atoms with E-state index in [0.29, 0.717) is 34.9 Å². The standard InChI is InChI=1S/C26H25ClN2O3S/c27-23-7-9-24(10-8-23)32-18-17-29-15-13-26(14-16-29)33(30,31)25-11-5-22(6-12-25)21-3-1-20(19-28)2-4-21/h1-12,26H,13-18H2. The quantitative estimate of drug-likeness (QED) is 0.465. The summed E-state index contributed by atoms with van der Waals surface area (Å²) in [5.41, 5.74) is 2.47. The number of sulfone groups is 1. The molecule has 3 aromatic rings. The maximum Gasteiger partial charge on any atom is 0.181 e. The number of halogens is 1. The molecule has 7 heteroatoms. The second-order valence-corrected chi connectivity index (χ2v) is 10.8. The van der Waals surface area contributed by atoms with Gasteiger partial charge in [-0.2, -0.15) is 5.26 Å². The minimum Gasteiger partial charge on any atom is -0.492 e. The molecule has 4 rings (SSSR count). The predicted molar refractivity (Wildman–Crippen MR) is 130 cm³/mol. The van der Waals surface area contributed by atoms with Crippen LogP contribution in [0.5, 0.6) is 5.75 Å². The van der Waals surface area contributed by atoms with E-state index in [2.05, 4.69) is 11.0 Å². The number of nitriles is 1. The Bertz CT molecular complexity index is 1210. The van der Waals surface area contributed by atoms with E-state index in [9.17, 15) is 8.42 Å². The molecule has 1 aliphatic rings. The highest BCUT2D eigenvalue weighted by atomic mass is 35.5. The maximum atomic E-state index is 13.2. The molecule has 33 heavy (non-hydrogen) atoms. The number of benzene rings is 3. The molecule has 0 radical (unpaired) electrons. The molecule has 1 saturated heterocycles. The monoisotopic (exact) mass is 480 g/mol. The van der Waals surface area contributed by atoms with Crippen LogP contribution in [0.2, 0.25) is 5.02 Å². The lowest BCUT2D eigenvalue weighted by molar-refractivity contribution is 0.184. The van der Waals surface area contributed by atoms with Gasteiger partial charge in [0.05, 0.1) is 21.8 Å². The lowest BCUT2D eigenvalue weighted by Crippen LogP contribution is -2.41. The molecule has 0 bridgehead atoms. The molecule has 3 aromatic carbocycles. The predicted octanol–water partition coefficient (Wildman–Crippen LogP) is 5.20. The first-order chi connectivity index (χ1) is 16.0. The van der Waals surface area contributed by atoms with Crippen LogP contribution in [0.4, 0.5) is 0 Å². The van der Waals surface area contributed by atoms with Crippen molar-refractivity contribution in [2.24, 2.45) is 0 Å². The first-order valence-electron chi connectivity index (χ1n) is 10.9. The molecule has 1 aliphatic heterocycles. The van der Waals surface area contributed by atoms with E-state index >= 15 is 0 Å². The fraction of sp³-hybridized carbons (Fsp3) is 0.269. The SMILES string of the molecule is N#Cc1ccc(-c2ccc(S(=O)(=O)C3CCN(CCOc4ccc(Cl)cc4)CC3)cc2)cc1. The molecule has 170 valence electrons. The van der Waals surface area contributed by atoms with Crippen LogP contribution in [-0.2, 0) is 9.84 Å². The van der Waals surface area contributed by atoms with Crippen molar-refractivity contribution in [1.82, 2.24) is 4.90 Å². The van der Waals surface area contributed by atoms with E-state index in [1.165, 1.54) is 0 Å². The fourth-order valence-electron chi connectivity index (χ4n) is 4.03. The second-order valence-electron chi connectivity index (χ2n) is 8.10. The number of likely N-dealkylation sites (tertiary alicyclic amines) is 1. The van der Waals surface area contributed by atoms with Gasteiger partial charge < -0.3 is 4.74 Å². The van der Waals surface area contributed by atoms with E-state index in [-0.39, 0.29) is 5.25 Å². The molecular formula is C26H25ClN2O3S. The third-order valence-electron chi connectivity index (χ3n) is 5.99. The highest BCUT2D eigenvalue weighted by molar-refractivity contribution is 7.92. The fourth-order valence-corrected chi connectivity index (χ4v) is 5.89. The van der Waals surface area contributed by atoms with Crippen LogP contribution >= 0.6 is 11.6 Å². The first-order valence-corrected chi connectivity index (χ1v) is 12.8. The lowest BCUT2D eigenvalue weighted by Gasteiger charge is -2.31. The van der Waals surface area contributed by atoms with Crippen molar-refractivity contribution >= 4 is 21.4 Å². The largest absolute Gasteiger partial charge is 0.492 e. The molecule has 1 fully saturated rings. The van der Waals surface area contributed by atoms with Gasteiger partial charge in [-0.25, -0.2) is 8.42 Å². The van der Waals surface area contributed by atoms with E-state index in [1.54, 1.807) is 36.4 Å². The zero-order valence-corrected chi connectivity index (χ0v) is 19.7. The Morgan fingerprint density at radius 2 is 1.48 bits per heavy atom. The van der Waals surface area contributed by atoms with Crippen molar-refractivity contribution in [1.29, 1.82) is 5.26 Å². The third-order valence-corrected chi connectivity index (χ3v) is 8.52. The summed E-state index contributed by atoms with van der Waals surface area (Å²) in [6, 6.07) is 23.7. The Hall–Kier alpha value is -2.85. The Labute approximate surface area is 200 Å². The van der Waals surface area contributed by atoms with Gasteiger partial charge >= 0.3 is 0 Å². The van der Waals surface area contributed by atoms with Gasteiger partial charge in [0, 0.05) is 11.6 Å². The summed E-state index contributed by atoms with van der Waals surface area (Å²) in [5.74, 6) is 0.779. The Balaban J connectivity index is 1.30. The molecule has 1 heterocycles. The highest BCUT2D eigenvalue weighted by Gasteiger charge is 2.31. The number of piperidine rings is 1. The smallest absolute Gasteiger partial charge is 0.181 e. The molecular weight excluding hydrogens is 456 g/mol. The molecule has 0 saturated carbocycles. The normalized spacial score (nSPS) is 15.2. The molecule has 0 amide bonds. The van der Waals surface area contributed by atoms with Crippen LogP contribution < -0.4 is 4.74 Å². The molecule has 0 aromatic heterocycles. The molecule has 0 atom stereocenters. The number of ether oxygens (including phenoxy) is 1. The van der Waals surface area contributed by atoms with Crippen LogP contribution in [-0.4, -0.2) is 44.8 Å². The van der Waals surface area contributed by atoms with Gasteiger partial charge in [0.1, 0.15) is 12.4 Å². The number of nitrogens with zero attached hydrogens (tertiary/aromatic N) is 2. The van der Waals surface area contributed by atoms with Crippen LogP contribution in [0.25, 0.3) is 11.1 Å². The van der Waals surface area contributed by atoms with E-state index in [1.807, 2.05) is 36.4 Å². The summed E-state index contributed by atoms with van der Waals surface area (Å²) in [6.07, 6.45) is 1.22. The average Bonchev–Trinajstić information content (AvgIpc) is 2.86. The van der Waals surface area contributed by atoms with Crippen molar-refractivity contribution in [3.8, 4) is 22.9 Å². The van der Waals surface area contributed by atoms with Gasteiger partial charge in [-0.3, -0.25) is 4.90 Å². The zero-order chi connectivity index (χ0) is 23.3. The summed E-state index contributed by atoms with van der Waals surface area (Å²) in [4.78, 5) is 2.61. The molecule has 5 nitrogen and oxygen atoms in total. The maximum absolute atomic E-state index is 13.2. The number of rotatable bonds is 7. The van der Waals surface area contributed by atoms with Gasteiger partial charge in [0.2, 0.25) is 0 Å². The molecule has 0 N–H and O–H groups in total. The first kappa shape index (κ1) is 23.3. The van der Waals surface area contributed by atoms with E-state index in [0.717, 1.165) is 36.5 Å². The van der Waals surface area contributed by atoms with Crippen molar-refractivity contribution in [3.63, 3.8) is 0 Å². The Morgan fingerprint density at radius 1 is 0.909 bits per heavy atom. The summed E-state index contributed by atoms with van der Waals surface area (Å²) in [6.45, 7) is 2.78. The van der Waals surface area contributed by atoms with Crippen molar-refractivity contribution in [2.45, 2.75) is 23.0 Å². The Kier molecular flexibility index (Phi) is 7.34. The molecule has 0 spiro atoms. The number of hydrogen-bond donors (Lipinski definition) is 0. The van der Waals surface area contributed by atoms with Gasteiger partial charge in [0.15, 0.2) is 9.84 Å². The summed E-state index contributed by atoms with van der Waals surface area (Å²) in [7, 11) is -3.38. The van der Waals surface area contributed by atoms with Gasteiger partial charge in [-0.15, -0.1) is 0 Å². The van der Waals surface area contributed by atoms with Gasteiger partial charge in [0.25, 0.3) is 0 Å². The van der Waals surface area contributed by atoms with Gasteiger partial charge in [-0.1, -0.05) is 35.9 Å². The van der Waals surface area contributed by atoms with Gasteiger partial charge in [-0.05, 0) is 85.6 Å². The highest BCUT2D eigenvalue weighted by Crippen LogP contribution is 2.27. The van der Waals surface area contributed by atoms with E-state index < -0.39 is 9.84 Å². The topological polar surface area (TPSA) is 70.4 Å². The zero-order valence-electron chi connectivity index (χ0n) is 18.2. The average molecular weight is 481 g/mol. The minimum atomic E-state index is -3.38. The minimum absolute atomic E-state index is 0.365. The van der Waals surface area contributed by atoms with Crippen molar-refractivity contribution in [3.05, 3.63) is 83.4 Å². The van der Waals surface area contributed by atoms with Crippen LogP contribution in [0.3, 0.4) is 0 Å². The summed E-state index contributed by atoms with van der Waals surface area (Å²) < 4.78 is 32.1. The van der Waals surface area contributed by atoms with E-state index in [4.69, 9.17) is 21.6 Å². The lowest BCUT2D eigenvalue weighted by atomic mass is 10.0. The Morgan fingerprint density at radius 3 is 2.06 bits per heavy atom.